The summed E-state index contributed by atoms with van der Waals surface area (Å²) >= 11 is 4.30. The van der Waals surface area contributed by atoms with Crippen LogP contribution in [0.25, 0.3) is 10.4 Å². The second-order valence-corrected chi connectivity index (χ2v) is 11.9. The lowest BCUT2D eigenvalue weighted by molar-refractivity contribution is -0.154. The van der Waals surface area contributed by atoms with E-state index in [1.165, 1.54) is 17.4 Å². The maximum atomic E-state index is 13.3. The van der Waals surface area contributed by atoms with E-state index in [2.05, 4.69) is 26.2 Å². The summed E-state index contributed by atoms with van der Waals surface area (Å²) in [4.78, 5) is 16.9. The Morgan fingerprint density at radius 1 is 1.19 bits per heavy atom. The van der Waals surface area contributed by atoms with Crippen molar-refractivity contribution in [2.24, 2.45) is 11.3 Å². The van der Waals surface area contributed by atoms with Crippen LogP contribution < -0.4 is 5.32 Å². The molecule has 0 bridgehead atoms. The summed E-state index contributed by atoms with van der Waals surface area (Å²) in [5.41, 5.74) is 0.0772. The molecule has 3 aromatic rings. The number of halogens is 4. The van der Waals surface area contributed by atoms with Crippen LogP contribution in [0.5, 0.6) is 0 Å². The molecule has 0 amide bonds. The van der Waals surface area contributed by atoms with Crippen LogP contribution in [0.15, 0.2) is 47.1 Å². The number of alkyl halides is 3. The van der Waals surface area contributed by atoms with E-state index in [1.54, 1.807) is 12.3 Å². The van der Waals surface area contributed by atoms with Crippen LogP contribution >= 0.6 is 27.3 Å². The number of carboxylic acid groups (broad SMARTS) is 1. The highest BCUT2D eigenvalue weighted by molar-refractivity contribution is 9.10. The minimum absolute atomic E-state index is 0.0267. The number of aliphatic carboxylic acids is 1. The smallest absolute Gasteiger partial charge is 0.417 e. The van der Waals surface area contributed by atoms with Crippen molar-refractivity contribution in [3.05, 3.63) is 63.2 Å². The van der Waals surface area contributed by atoms with Gasteiger partial charge in [0, 0.05) is 22.0 Å². The molecule has 3 N–H and O–H groups in total. The fourth-order valence-electron chi connectivity index (χ4n) is 4.99. The predicted octanol–water partition coefficient (Wildman–Crippen LogP) is 7.74. The van der Waals surface area contributed by atoms with Crippen molar-refractivity contribution in [2.75, 3.05) is 5.32 Å². The zero-order valence-electron chi connectivity index (χ0n) is 19.9. The number of benzene rings is 2. The summed E-state index contributed by atoms with van der Waals surface area (Å²) in [6, 6.07) is 9.59. The second-order valence-electron chi connectivity index (χ2n) is 10.1. The SMILES string of the molecule is Cc1cc(Nc2ccc(Br)c(C(F)(F)F)c2)cc(-c2cnc(C3(O)CCC(C(=O)O)C(C)(C)C3)s2)c1. The van der Waals surface area contributed by atoms with E-state index < -0.39 is 34.6 Å². The molecular formula is C26H26BrF3N2O3S. The van der Waals surface area contributed by atoms with Crippen molar-refractivity contribution < 1.29 is 28.2 Å². The Hall–Kier alpha value is -2.43. The third-order valence-corrected chi connectivity index (χ3v) is 8.59. The minimum Gasteiger partial charge on any atom is -0.481 e. The van der Waals surface area contributed by atoms with Gasteiger partial charge in [0.1, 0.15) is 10.6 Å². The highest BCUT2D eigenvalue weighted by Crippen LogP contribution is 2.51. The first kappa shape index (κ1) is 26.6. The fraction of sp³-hybridized carbons (Fsp3) is 0.385. The summed E-state index contributed by atoms with van der Waals surface area (Å²) in [5, 5.41) is 24.5. The van der Waals surface area contributed by atoms with E-state index in [-0.39, 0.29) is 10.9 Å². The number of carbonyl (C=O) groups is 1. The van der Waals surface area contributed by atoms with E-state index >= 15 is 0 Å². The monoisotopic (exact) mass is 582 g/mol. The number of thiazole rings is 1. The lowest BCUT2D eigenvalue weighted by atomic mass is 9.63. The van der Waals surface area contributed by atoms with Crippen molar-refractivity contribution in [2.45, 2.75) is 51.8 Å². The first-order chi connectivity index (χ1) is 16.7. The van der Waals surface area contributed by atoms with Crippen molar-refractivity contribution in [3.8, 4) is 10.4 Å². The lowest BCUT2D eigenvalue weighted by Gasteiger charge is -2.44. The van der Waals surface area contributed by atoms with Crippen LogP contribution in [0.2, 0.25) is 0 Å². The Balaban J connectivity index is 1.60. The number of hydrogen-bond donors (Lipinski definition) is 3. The molecule has 1 fully saturated rings. The quantitative estimate of drug-likeness (QED) is 0.286. The van der Waals surface area contributed by atoms with Gasteiger partial charge in [0.05, 0.1) is 16.4 Å². The van der Waals surface area contributed by atoms with Gasteiger partial charge in [-0.2, -0.15) is 13.2 Å². The lowest BCUT2D eigenvalue weighted by Crippen LogP contribution is -2.44. The number of aliphatic hydroxyl groups is 1. The molecule has 2 atom stereocenters. The first-order valence-corrected chi connectivity index (χ1v) is 13.0. The van der Waals surface area contributed by atoms with Gasteiger partial charge in [-0.3, -0.25) is 4.79 Å². The zero-order chi connectivity index (χ0) is 26.5. The molecule has 10 heteroatoms. The molecule has 36 heavy (non-hydrogen) atoms. The minimum atomic E-state index is -4.48. The maximum absolute atomic E-state index is 13.3. The van der Waals surface area contributed by atoms with Crippen LogP contribution in [-0.4, -0.2) is 21.2 Å². The van der Waals surface area contributed by atoms with Crippen molar-refractivity contribution in [3.63, 3.8) is 0 Å². The van der Waals surface area contributed by atoms with E-state index in [9.17, 15) is 28.2 Å². The topological polar surface area (TPSA) is 82.5 Å². The molecule has 1 aliphatic rings. The van der Waals surface area contributed by atoms with E-state index in [0.717, 1.165) is 22.1 Å². The molecular weight excluding hydrogens is 557 g/mol. The van der Waals surface area contributed by atoms with E-state index in [1.807, 2.05) is 39.0 Å². The molecule has 1 saturated carbocycles. The third-order valence-electron chi connectivity index (χ3n) is 6.66. The molecule has 192 valence electrons. The van der Waals surface area contributed by atoms with Crippen LogP contribution in [0.4, 0.5) is 24.5 Å². The van der Waals surface area contributed by atoms with Crippen LogP contribution in [0.3, 0.4) is 0 Å². The zero-order valence-corrected chi connectivity index (χ0v) is 22.3. The predicted molar refractivity (Wildman–Crippen MR) is 137 cm³/mol. The molecule has 0 spiro atoms. The van der Waals surface area contributed by atoms with Gasteiger partial charge in [-0.15, -0.1) is 11.3 Å². The molecule has 2 unspecified atom stereocenters. The average Bonchev–Trinajstić information content (AvgIpc) is 3.24. The number of rotatable bonds is 5. The Kier molecular flexibility index (Phi) is 7.00. The summed E-state index contributed by atoms with van der Waals surface area (Å²) in [6.45, 7) is 5.60. The maximum Gasteiger partial charge on any atom is 0.417 e. The highest BCUT2D eigenvalue weighted by atomic mass is 79.9. The van der Waals surface area contributed by atoms with E-state index in [0.29, 0.717) is 29.2 Å². The van der Waals surface area contributed by atoms with Crippen molar-refractivity contribution in [1.82, 2.24) is 4.98 Å². The molecule has 0 saturated heterocycles. The van der Waals surface area contributed by atoms with Crippen molar-refractivity contribution >= 4 is 44.6 Å². The average molecular weight is 583 g/mol. The molecule has 4 rings (SSSR count). The van der Waals surface area contributed by atoms with Gasteiger partial charge in [-0.05, 0) is 73.1 Å². The number of carboxylic acids is 1. The number of nitrogens with zero attached hydrogens (tertiary/aromatic N) is 1. The molecule has 2 aromatic carbocycles. The van der Waals surface area contributed by atoms with E-state index in [4.69, 9.17) is 0 Å². The van der Waals surface area contributed by atoms with Gasteiger partial charge in [0.15, 0.2) is 0 Å². The Bertz CT molecular complexity index is 1310. The summed E-state index contributed by atoms with van der Waals surface area (Å²) in [7, 11) is 0. The number of aromatic nitrogens is 1. The molecule has 5 nitrogen and oxygen atoms in total. The Morgan fingerprint density at radius 2 is 1.92 bits per heavy atom. The normalized spacial score (nSPS) is 21.8. The molecule has 0 radical (unpaired) electrons. The molecule has 0 aliphatic heterocycles. The van der Waals surface area contributed by atoms with Crippen LogP contribution in [0.1, 0.15) is 49.2 Å². The van der Waals surface area contributed by atoms with Gasteiger partial charge < -0.3 is 15.5 Å². The number of aryl methyl sites for hydroxylation is 1. The molecule has 1 aromatic heterocycles. The molecule has 1 aliphatic carbocycles. The van der Waals surface area contributed by atoms with Gasteiger partial charge >= 0.3 is 12.1 Å². The number of anilines is 2. The first-order valence-electron chi connectivity index (χ1n) is 11.4. The Morgan fingerprint density at radius 3 is 2.56 bits per heavy atom. The summed E-state index contributed by atoms with van der Waals surface area (Å²) in [5.74, 6) is -1.38. The van der Waals surface area contributed by atoms with Gasteiger partial charge in [-0.1, -0.05) is 35.8 Å². The number of nitrogens with one attached hydrogen (secondary N) is 1. The van der Waals surface area contributed by atoms with Gasteiger partial charge in [-0.25, -0.2) is 4.98 Å². The summed E-state index contributed by atoms with van der Waals surface area (Å²) < 4.78 is 39.9. The number of hydrogen-bond acceptors (Lipinski definition) is 5. The molecule has 1 heterocycles. The summed E-state index contributed by atoms with van der Waals surface area (Å²) in [6.07, 6.45) is -1.85. The fourth-order valence-corrected chi connectivity index (χ4v) is 6.48. The highest BCUT2D eigenvalue weighted by Gasteiger charge is 2.49. The van der Waals surface area contributed by atoms with Gasteiger partial charge in [0.25, 0.3) is 0 Å². The van der Waals surface area contributed by atoms with Crippen LogP contribution in [-0.2, 0) is 16.6 Å². The Labute approximate surface area is 219 Å². The van der Waals surface area contributed by atoms with Crippen molar-refractivity contribution in [1.29, 1.82) is 0 Å². The standard InChI is InChI=1S/C26H26BrF3N2O3S/c1-14-8-15(10-17(9-14)32-16-4-5-20(27)19(11-16)26(28,29)30)21-12-31-23(36-21)25(35)7-6-18(22(33)34)24(2,3)13-25/h4-5,8-12,18,32,35H,6-7,13H2,1-3H3,(H,33,34). The van der Waals surface area contributed by atoms with Gasteiger partial charge in [0.2, 0.25) is 0 Å². The second kappa shape index (κ2) is 9.46. The third kappa shape index (κ3) is 5.45. The largest absolute Gasteiger partial charge is 0.481 e. The van der Waals surface area contributed by atoms with Crippen LogP contribution in [0, 0.1) is 18.3 Å².